The summed E-state index contributed by atoms with van der Waals surface area (Å²) < 4.78 is 80.6. The summed E-state index contributed by atoms with van der Waals surface area (Å²) in [7, 11) is 0. The number of halogens is 6. The normalized spacial score (nSPS) is 28.1. The summed E-state index contributed by atoms with van der Waals surface area (Å²) in [6, 6.07) is 1.95. The van der Waals surface area contributed by atoms with Gasteiger partial charge >= 0.3 is 6.36 Å². The predicted octanol–water partition coefficient (Wildman–Crippen LogP) is 7.86. The Labute approximate surface area is 173 Å². The van der Waals surface area contributed by atoms with Crippen LogP contribution in [0.4, 0.5) is 26.3 Å². The van der Waals surface area contributed by atoms with Crippen LogP contribution >= 0.6 is 0 Å². The van der Waals surface area contributed by atoms with Crippen LogP contribution in [0, 0.1) is 29.4 Å². The van der Waals surface area contributed by atoms with Crippen molar-refractivity contribution in [2.24, 2.45) is 17.8 Å². The van der Waals surface area contributed by atoms with Crippen LogP contribution in [0.2, 0.25) is 0 Å². The van der Waals surface area contributed by atoms with Crippen molar-refractivity contribution >= 4 is 0 Å². The molecule has 2 aliphatic carbocycles. The SMILES string of the molecule is FCC/C=C/C1CCC(C2CCC(c3cc(F)c(OC(F)(F)F)c(F)c3)CC2)CC1. The fourth-order valence-electron chi connectivity index (χ4n) is 5.11. The summed E-state index contributed by atoms with van der Waals surface area (Å²) in [5, 5.41) is 0. The van der Waals surface area contributed by atoms with E-state index in [2.05, 4.69) is 10.8 Å². The van der Waals surface area contributed by atoms with Gasteiger partial charge in [0.1, 0.15) is 0 Å². The van der Waals surface area contributed by atoms with E-state index in [9.17, 15) is 26.3 Å². The number of rotatable bonds is 6. The van der Waals surface area contributed by atoms with E-state index in [1.807, 2.05) is 6.08 Å². The molecule has 168 valence electrons. The zero-order valence-electron chi connectivity index (χ0n) is 16.9. The summed E-state index contributed by atoms with van der Waals surface area (Å²) in [6.07, 6.45) is 7.41. The molecule has 2 saturated carbocycles. The van der Waals surface area contributed by atoms with Crippen molar-refractivity contribution in [3.8, 4) is 5.75 Å². The van der Waals surface area contributed by atoms with Gasteiger partial charge in [0.05, 0.1) is 6.67 Å². The van der Waals surface area contributed by atoms with Crippen LogP contribution in [0.15, 0.2) is 24.3 Å². The molecule has 0 amide bonds. The number of benzene rings is 1. The van der Waals surface area contributed by atoms with E-state index in [1.54, 1.807) is 0 Å². The Morgan fingerprint density at radius 1 is 0.867 bits per heavy atom. The van der Waals surface area contributed by atoms with E-state index in [-0.39, 0.29) is 12.6 Å². The lowest BCUT2D eigenvalue weighted by Gasteiger charge is -2.37. The first-order valence-corrected chi connectivity index (χ1v) is 10.7. The molecule has 0 aromatic heterocycles. The van der Waals surface area contributed by atoms with Gasteiger partial charge in [-0.3, -0.25) is 4.39 Å². The average molecular weight is 434 g/mol. The lowest BCUT2D eigenvalue weighted by molar-refractivity contribution is -0.276. The maximum Gasteiger partial charge on any atom is 0.573 e. The van der Waals surface area contributed by atoms with Gasteiger partial charge < -0.3 is 4.74 Å². The lowest BCUT2D eigenvalue weighted by atomic mass is 9.68. The number of hydrogen-bond donors (Lipinski definition) is 0. The smallest absolute Gasteiger partial charge is 0.399 e. The molecule has 0 aliphatic heterocycles. The molecule has 0 heterocycles. The molecule has 0 unspecified atom stereocenters. The van der Waals surface area contributed by atoms with Crippen molar-refractivity contribution in [1.82, 2.24) is 0 Å². The maximum absolute atomic E-state index is 14.0. The molecule has 3 rings (SSSR count). The fraction of sp³-hybridized carbons (Fsp3) is 0.652. The largest absolute Gasteiger partial charge is 0.573 e. The van der Waals surface area contributed by atoms with Crippen LogP contribution in [0.1, 0.15) is 69.3 Å². The maximum atomic E-state index is 14.0. The number of ether oxygens (including phenoxy) is 1. The Bertz CT molecular complexity index is 690. The zero-order chi connectivity index (χ0) is 21.7. The van der Waals surface area contributed by atoms with Crippen molar-refractivity contribution in [3.05, 3.63) is 41.5 Å². The first-order chi connectivity index (χ1) is 14.3. The van der Waals surface area contributed by atoms with Crippen molar-refractivity contribution in [1.29, 1.82) is 0 Å². The molecular weight excluding hydrogens is 406 g/mol. The van der Waals surface area contributed by atoms with Gasteiger partial charge in [-0.05, 0) is 99.2 Å². The van der Waals surface area contributed by atoms with Gasteiger partial charge in [-0.15, -0.1) is 13.2 Å². The summed E-state index contributed by atoms with van der Waals surface area (Å²) in [6.45, 7) is -0.318. The summed E-state index contributed by atoms with van der Waals surface area (Å²) in [5.74, 6) is -2.31. The third kappa shape index (κ3) is 6.17. The van der Waals surface area contributed by atoms with E-state index in [4.69, 9.17) is 0 Å². The van der Waals surface area contributed by atoms with E-state index in [0.29, 0.717) is 29.7 Å². The average Bonchev–Trinajstić information content (AvgIpc) is 2.71. The topological polar surface area (TPSA) is 9.23 Å². The van der Waals surface area contributed by atoms with Gasteiger partial charge in [0.2, 0.25) is 5.75 Å². The molecule has 30 heavy (non-hydrogen) atoms. The standard InChI is InChI=1S/C23H28F6O/c24-12-2-1-3-15-4-6-16(7-5-15)17-8-10-18(11-9-17)19-13-20(25)22(21(26)14-19)30-23(27,28)29/h1,3,13-18H,2,4-12H2/b3-1+. The van der Waals surface area contributed by atoms with Gasteiger partial charge in [-0.25, -0.2) is 8.78 Å². The minimum Gasteiger partial charge on any atom is -0.399 e. The van der Waals surface area contributed by atoms with Gasteiger partial charge in [0.25, 0.3) is 0 Å². The Morgan fingerprint density at radius 2 is 1.40 bits per heavy atom. The third-order valence-electron chi connectivity index (χ3n) is 6.65. The van der Waals surface area contributed by atoms with Crippen LogP contribution in [0.25, 0.3) is 0 Å². The number of allylic oxidation sites excluding steroid dienone is 2. The van der Waals surface area contributed by atoms with Crippen molar-refractivity contribution in [3.63, 3.8) is 0 Å². The van der Waals surface area contributed by atoms with Gasteiger partial charge in [-0.2, -0.15) is 0 Å². The molecule has 0 bridgehead atoms. The highest BCUT2D eigenvalue weighted by molar-refractivity contribution is 5.33. The third-order valence-corrected chi connectivity index (χ3v) is 6.65. The molecule has 0 atom stereocenters. The van der Waals surface area contributed by atoms with Crippen molar-refractivity contribution in [2.75, 3.05) is 6.67 Å². The monoisotopic (exact) mass is 434 g/mol. The quantitative estimate of drug-likeness (QED) is 0.327. The predicted molar refractivity (Wildman–Crippen MR) is 103 cm³/mol. The Hall–Kier alpha value is -1.66. The molecule has 1 aromatic carbocycles. The van der Waals surface area contributed by atoms with E-state index in [0.717, 1.165) is 63.5 Å². The molecule has 0 N–H and O–H groups in total. The summed E-state index contributed by atoms with van der Waals surface area (Å²) >= 11 is 0. The first kappa shape index (κ1) is 23.0. The molecule has 2 fully saturated rings. The fourth-order valence-corrected chi connectivity index (χ4v) is 5.11. The summed E-state index contributed by atoms with van der Waals surface area (Å²) in [4.78, 5) is 0. The van der Waals surface area contributed by atoms with Crippen molar-refractivity contribution < 1.29 is 31.1 Å². The second-order valence-corrected chi connectivity index (χ2v) is 8.55. The Balaban J connectivity index is 1.52. The molecule has 0 saturated heterocycles. The van der Waals surface area contributed by atoms with Gasteiger partial charge in [0.15, 0.2) is 11.6 Å². The molecular formula is C23H28F6O. The second-order valence-electron chi connectivity index (χ2n) is 8.55. The minimum absolute atomic E-state index is 0.0508. The van der Waals surface area contributed by atoms with Crippen LogP contribution in [-0.2, 0) is 0 Å². The van der Waals surface area contributed by atoms with E-state index >= 15 is 0 Å². The van der Waals surface area contributed by atoms with Crippen LogP contribution in [0.5, 0.6) is 5.75 Å². The molecule has 1 nitrogen and oxygen atoms in total. The van der Waals surface area contributed by atoms with Crippen molar-refractivity contribution in [2.45, 2.75) is 70.1 Å². The highest BCUT2D eigenvalue weighted by atomic mass is 19.4. The number of hydrogen-bond acceptors (Lipinski definition) is 1. The highest BCUT2D eigenvalue weighted by Gasteiger charge is 2.35. The molecule has 0 radical (unpaired) electrons. The highest BCUT2D eigenvalue weighted by Crippen LogP contribution is 2.45. The minimum atomic E-state index is -5.14. The molecule has 1 aromatic rings. The van der Waals surface area contributed by atoms with E-state index < -0.39 is 23.7 Å². The lowest BCUT2D eigenvalue weighted by Crippen LogP contribution is -2.25. The van der Waals surface area contributed by atoms with Gasteiger partial charge in [-0.1, -0.05) is 12.2 Å². The van der Waals surface area contributed by atoms with Crippen LogP contribution in [0.3, 0.4) is 0 Å². The molecule has 0 spiro atoms. The number of alkyl halides is 4. The van der Waals surface area contributed by atoms with E-state index in [1.165, 1.54) is 0 Å². The zero-order valence-corrected chi connectivity index (χ0v) is 16.9. The molecule has 2 aliphatic rings. The Kier molecular flexibility index (Phi) is 7.75. The van der Waals surface area contributed by atoms with Gasteiger partial charge in [0, 0.05) is 0 Å². The second kappa shape index (κ2) is 10.1. The van der Waals surface area contributed by atoms with Crippen LogP contribution < -0.4 is 4.74 Å². The Morgan fingerprint density at radius 3 is 1.90 bits per heavy atom. The summed E-state index contributed by atoms with van der Waals surface area (Å²) in [5.41, 5.74) is 0.402. The van der Waals surface area contributed by atoms with Crippen LogP contribution in [-0.4, -0.2) is 13.0 Å². The first-order valence-electron chi connectivity index (χ1n) is 10.7. The molecule has 7 heteroatoms.